The van der Waals surface area contributed by atoms with Gasteiger partial charge in [-0.25, -0.2) is 4.98 Å². The number of aromatic nitrogens is 2. The van der Waals surface area contributed by atoms with E-state index in [1.54, 1.807) is 0 Å². The average Bonchev–Trinajstić information content (AvgIpc) is 3.06. The topological polar surface area (TPSA) is 45.8 Å². The molecule has 122 valence electrons. The Kier molecular flexibility index (Phi) is 5.49. The molecule has 3 rings (SSSR count). The van der Waals surface area contributed by atoms with Gasteiger partial charge in [-0.15, -0.1) is 0 Å². The zero-order chi connectivity index (χ0) is 16.8. The predicted octanol–water partition coefficient (Wildman–Crippen LogP) is 5.21. The van der Waals surface area contributed by atoms with Gasteiger partial charge in [0.25, 0.3) is 0 Å². The number of hydrogen-bond donors (Lipinski definition) is 1. The fourth-order valence-electron chi connectivity index (χ4n) is 2.54. The van der Waals surface area contributed by atoms with Crippen LogP contribution in [0.25, 0.3) is 22.5 Å². The van der Waals surface area contributed by atoms with Crippen molar-refractivity contribution in [1.29, 1.82) is 0 Å². The lowest BCUT2D eigenvalue weighted by Crippen LogP contribution is -2.00. The van der Waals surface area contributed by atoms with Gasteiger partial charge in [-0.3, -0.25) is 4.79 Å². The van der Waals surface area contributed by atoms with Gasteiger partial charge in [-0.2, -0.15) is 0 Å². The highest BCUT2D eigenvalue weighted by Gasteiger charge is 2.14. The first-order valence-electron chi connectivity index (χ1n) is 8.13. The fourth-order valence-corrected chi connectivity index (χ4v) is 3.31. The van der Waals surface area contributed by atoms with Crippen molar-refractivity contribution in [2.45, 2.75) is 24.9 Å². The maximum absolute atomic E-state index is 11.8. The van der Waals surface area contributed by atoms with Crippen molar-refractivity contribution in [1.82, 2.24) is 9.97 Å². The number of nitrogens with one attached hydrogen (secondary N) is 1. The van der Waals surface area contributed by atoms with Gasteiger partial charge in [0.2, 0.25) is 0 Å². The lowest BCUT2D eigenvalue weighted by Gasteiger charge is -2.02. The zero-order valence-electron chi connectivity index (χ0n) is 13.7. The molecule has 0 saturated heterocycles. The van der Waals surface area contributed by atoms with E-state index in [9.17, 15) is 4.79 Å². The number of H-pyrrole nitrogens is 1. The number of carbonyl (C=O) groups is 1. The minimum atomic E-state index is 0.265. The molecule has 0 radical (unpaired) electrons. The maximum atomic E-state index is 11.8. The first-order chi connectivity index (χ1) is 11.8. The summed E-state index contributed by atoms with van der Waals surface area (Å²) in [6.45, 7) is 2.02. The minimum Gasteiger partial charge on any atom is -0.332 e. The van der Waals surface area contributed by atoms with E-state index >= 15 is 0 Å². The molecule has 0 saturated carbocycles. The van der Waals surface area contributed by atoms with Crippen molar-refractivity contribution >= 4 is 17.5 Å². The molecular formula is C20H20N2OS. The highest BCUT2D eigenvalue weighted by atomic mass is 32.2. The van der Waals surface area contributed by atoms with Crippen molar-refractivity contribution in [2.75, 3.05) is 5.75 Å². The van der Waals surface area contributed by atoms with E-state index in [1.807, 2.05) is 43.3 Å². The summed E-state index contributed by atoms with van der Waals surface area (Å²) in [4.78, 5) is 19.9. The first-order valence-corrected chi connectivity index (χ1v) is 9.12. The molecule has 0 atom stereocenters. The zero-order valence-corrected chi connectivity index (χ0v) is 14.5. The molecule has 3 aromatic rings. The number of nitrogens with zero attached hydrogens (tertiary/aromatic N) is 1. The van der Waals surface area contributed by atoms with Crippen LogP contribution in [0.1, 0.15) is 19.8 Å². The van der Waals surface area contributed by atoms with Crippen molar-refractivity contribution in [3.8, 4) is 22.5 Å². The normalized spacial score (nSPS) is 10.7. The molecule has 0 aliphatic heterocycles. The molecule has 1 heterocycles. The van der Waals surface area contributed by atoms with Crippen LogP contribution in [0.3, 0.4) is 0 Å². The molecule has 0 spiro atoms. The summed E-state index contributed by atoms with van der Waals surface area (Å²) in [6.07, 6.45) is 1.52. The number of imidazole rings is 1. The van der Waals surface area contributed by atoms with Crippen LogP contribution in [0.2, 0.25) is 0 Å². The van der Waals surface area contributed by atoms with Crippen LogP contribution in [0.5, 0.6) is 0 Å². The van der Waals surface area contributed by atoms with Gasteiger partial charge in [-0.1, -0.05) is 79.3 Å². The summed E-state index contributed by atoms with van der Waals surface area (Å²) in [5, 5.41) is 0.789. The molecule has 24 heavy (non-hydrogen) atoms. The van der Waals surface area contributed by atoms with E-state index in [2.05, 4.69) is 29.2 Å². The predicted molar refractivity (Wildman–Crippen MR) is 100 cm³/mol. The molecule has 0 bridgehead atoms. The molecule has 1 N–H and O–H groups in total. The van der Waals surface area contributed by atoms with E-state index in [0.717, 1.165) is 34.1 Å². The molecule has 0 amide bonds. The molecule has 3 nitrogen and oxygen atoms in total. The van der Waals surface area contributed by atoms with Crippen LogP contribution in [0.4, 0.5) is 0 Å². The van der Waals surface area contributed by atoms with Gasteiger partial charge in [0.1, 0.15) is 5.78 Å². The quantitative estimate of drug-likeness (QED) is 0.603. The van der Waals surface area contributed by atoms with Crippen LogP contribution in [0.15, 0.2) is 65.8 Å². The number of rotatable bonds is 7. The standard InChI is InChI=1S/C20H20N2OS/c1-2-9-17(23)14-24-20-21-18(15-10-5-3-6-11-15)19(22-20)16-12-7-4-8-13-16/h3-8,10-13H,2,9,14H2,1H3,(H,21,22). The Morgan fingerprint density at radius 1 is 1.00 bits per heavy atom. The lowest BCUT2D eigenvalue weighted by molar-refractivity contribution is -0.116. The van der Waals surface area contributed by atoms with Crippen molar-refractivity contribution in [3.05, 3.63) is 60.7 Å². The second-order valence-corrected chi connectivity index (χ2v) is 6.54. The third kappa shape index (κ3) is 3.95. The summed E-state index contributed by atoms with van der Waals surface area (Å²) in [5.74, 6) is 0.727. The van der Waals surface area contributed by atoms with E-state index < -0.39 is 0 Å². The van der Waals surface area contributed by atoms with E-state index in [-0.39, 0.29) is 5.78 Å². The third-order valence-corrected chi connectivity index (χ3v) is 4.62. The average molecular weight is 336 g/mol. The van der Waals surface area contributed by atoms with Crippen LogP contribution in [0, 0.1) is 0 Å². The molecular weight excluding hydrogens is 316 g/mol. The second-order valence-electron chi connectivity index (χ2n) is 5.57. The van der Waals surface area contributed by atoms with Gasteiger partial charge in [0, 0.05) is 17.5 Å². The van der Waals surface area contributed by atoms with Gasteiger partial charge >= 0.3 is 0 Å². The number of thioether (sulfide) groups is 1. The Labute approximate surface area is 146 Å². The molecule has 0 fully saturated rings. The molecule has 4 heteroatoms. The Bertz CT molecular complexity index is 740. The van der Waals surface area contributed by atoms with Gasteiger partial charge in [0.05, 0.1) is 17.1 Å². The van der Waals surface area contributed by atoms with E-state index in [1.165, 1.54) is 11.8 Å². The van der Waals surface area contributed by atoms with Crippen LogP contribution >= 0.6 is 11.8 Å². The number of aromatic amines is 1. The summed E-state index contributed by atoms with van der Waals surface area (Å²) in [5.41, 5.74) is 4.08. The van der Waals surface area contributed by atoms with Crippen molar-refractivity contribution < 1.29 is 4.79 Å². The lowest BCUT2D eigenvalue weighted by atomic mass is 10.1. The van der Waals surface area contributed by atoms with Gasteiger partial charge < -0.3 is 4.98 Å². The van der Waals surface area contributed by atoms with Crippen LogP contribution < -0.4 is 0 Å². The molecule has 0 aliphatic rings. The summed E-state index contributed by atoms with van der Waals surface area (Å²) in [6, 6.07) is 20.3. The number of hydrogen-bond acceptors (Lipinski definition) is 3. The first kappa shape index (κ1) is 16.5. The maximum Gasteiger partial charge on any atom is 0.166 e. The van der Waals surface area contributed by atoms with E-state index in [0.29, 0.717) is 12.2 Å². The summed E-state index contributed by atoms with van der Waals surface area (Å²) < 4.78 is 0. The Balaban J connectivity index is 1.93. The summed E-state index contributed by atoms with van der Waals surface area (Å²) >= 11 is 1.48. The van der Waals surface area contributed by atoms with Crippen LogP contribution in [-0.2, 0) is 4.79 Å². The molecule has 0 aliphatic carbocycles. The number of ketones is 1. The second kappa shape index (κ2) is 7.97. The third-order valence-electron chi connectivity index (χ3n) is 3.69. The highest BCUT2D eigenvalue weighted by molar-refractivity contribution is 7.99. The Morgan fingerprint density at radius 3 is 2.25 bits per heavy atom. The monoisotopic (exact) mass is 336 g/mol. The van der Waals surface area contributed by atoms with Crippen molar-refractivity contribution in [3.63, 3.8) is 0 Å². The summed E-state index contributed by atoms with van der Waals surface area (Å²) in [7, 11) is 0. The number of carbonyl (C=O) groups excluding carboxylic acids is 1. The molecule has 0 unspecified atom stereocenters. The number of Topliss-reactive ketones (excluding diaryl/α,β-unsaturated/α-hetero) is 1. The van der Waals surface area contributed by atoms with Crippen LogP contribution in [-0.4, -0.2) is 21.5 Å². The molecule has 1 aromatic heterocycles. The minimum absolute atomic E-state index is 0.265. The highest BCUT2D eigenvalue weighted by Crippen LogP contribution is 2.32. The SMILES string of the molecule is CCCC(=O)CSc1nc(-c2ccccc2)c(-c2ccccc2)[nH]1. The largest absolute Gasteiger partial charge is 0.332 e. The van der Waals surface area contributed by atoms with Crippen molar-refractivity contribution in [2.24, 2.45) is 0 Å². The smallest absolute Gasteiger partial charge is 0.166 e. The molecule has 2 aromatic carbocycles. The van der Waals surface area contributed by atoms with E-state index in [4.69, 9.17) is 4.98 Å². The van der Waals surface area contributed by atoms with Gasteiger partial charge in [0.15, 0.2) is 5.16 Å². The van der Waals surface area contributed by atoms with Gasteiger partial charge in [-0.05, 0) is 6.42 Å². The number of benzene rings is 2. The Hall–Kier alpha value is -2.33. The Morgan fingerprint density at radius 2 is 1.62 bits per heavy atom. The fraction of sp³-hybridized carbons (Fsp3) is 0.200.